The number of nitrogens with zero attached hydrogens (tertiary/aromatic N) is 1. The van der Waals surface area contributed by atoms with Crippen LogP contribution in [0.5, 0.6) is 0 Å². The van der Waals surface area contributed by atoms with E-state index in [4.69, 9.17) is 0 Å². The maximum absolute atomic E-state index is 11.4. The van der Waals surface area contributed by atoms with Gasteiger partial charge in [0.05, 0.1) is 4.92 Å². The number of rotatable bonds is 6. The topological polar surface area (TPSA) is 84.3 Å². The highest BCUT2D eigenvalue weighted by Gasteiger charge is 2.29. The summed E-state index contributed by atoms with van der Waals surface area (Å²) >= 11 is 2.03. The van der Waals surface area contributed by atoms with Gasteiger partial charge in [0.1, 0.15) is 5.69 Å². The number of halogens is 1. The number of benzene rings is 1. The summed E-state index contributed by atoms with van der Waals surface area (Å²) in [4.78, 5) is 21.9. The number of hydrogen-bond donors (Lipinski definition) is 2. The van der Waals surface area contributed by atoms with Crippen molar-refractivity contribution in [1.29, 1.82) is 0 Å². The largest absolute Gasteiger partial charge is 0.378 e. The highest BCUT2D eigenvalue weighted by molar-refractivity contribution is 14.1. The normalized spacial score (nSPS) is 13.9. The van der Waals surface area contributed by atoms with Gasteiger partial charge in [0, 0.05) is 28.6 Å². The molecule has 0 spiro atoms. The van der Waals surface area contributed by atoms with Crippen molar-refractivity contribution in [3.63, 3.8) is 0 Å². The molecule has 1 saturated carbocycles. The van der Waals surface area contributed by atoms with Gasteiger partial charge >= 0.3 is 0 Å². The number of amides is 1. The van der Waals surface area contributed by atoms with Crippen LogP contribution in [-0.4, -0.2) is 23.9 Å². The van der Waals surface area contributed by atoms with E-state index >= 15 is 0 Å². The molecule has 0 radical (unpaired) electrons. The molecular weight excluding hydrogens is 361 g/mol. The van der Waals surface area contributed by atoms with Crippen LogP contribution in [0.4, 0.5) is 11.4 Å². The van der Waals surface area contributed by atoms with E-state index in [2.05, 4.69) is 10.6 Å². The van der Waals surface area contributed by atoms with E-state index in [1.807, 2.05) is 22.6 Å². The zero-order valence-corrected chi connectivity index (χ0v) is 12.3. The van der Waals surface area contributed by atoms with Crippen molar-refractivity contribution in [2.45, 2.75) is 12.8 Å². The van der Waals surface area contributed by atoms with Gasteiger partial charge in [-0.3, -0.25) is 14.9 Å². The summed E-state index contributed by atoms with van der Waals surface area (Å²) in [5.74, 6) is 0.270. The highest BCUT2D eigenvalue weighted by atomic mass is 127. The molecule has 6 nitrogen and oxygen atoms in total. The first kappa shape index (κ1) is 14.0. The van der Waals surface area contributed by atoms with E-state index in [1.165, 1.54) is 6.07 Å². The predicted octanol–water partition coefficient (Wildman–Crippen LogP) is 2.14. The lowest BCUT2D eigenvalue weighted by Crippen LogP contribution is -2.29. The second-order valence-electron chi connectivity index (χ2n) is 4.41. The van der Waals surface area contributed by atoms with Crippen molar-refractivity contribution >= 4 is 39.9 Å². The molecule has 1 aromatic rings. The van der Waals surface area contributed by atoms with Gasteiger partial charge in [-0.15, -0.1) is 0 Å². The summed E-state index contributed by atoms with van der Waals surface area (Å²) in [5, 5.41) is 16.7. The Labute approximate surface area is 124 Å². The van der Waals surface area contributed by atoms with E-state index in [0.717, 1.165) is 16.4 Å². The van der Waals surface area contributed by atoms with Crippen molar-refractivity contribution in [2.24, 2.45) is 5.92 Å². The first-order chi connectivity index (χ1) is 9.08. The molecule has 0 unspecified atom stereocenters. The number of hydrogen-bond acceptors (Lipinski definition) is 4. The molecule has 1 aliphatic carbocycles. The highest BCUT2D eigenvalue weighted by Crippen LogP contribution is 2.28. The van der Waals surface area contributed by atoms with E-state index in [1.54, 1.807) is 12.1 Å². The van der Waals surface area contributed by atoms with Crippen molar-refractivity contribution in [2.75, 3.05) is 18.4 Å². The number of nitro benzene ring substituents is 1. The Bertz CT molecular complexity index is 503. The summed E-state index contributed by atoms with van der Waals surface area (Å²) in [6, 6.07) is 5.01. The lowest BCUT2D eigenvalue weighted by Gasteiger charge is -2.08. The Morgan fingerprint density at radius 1 is 1.42 bits per heavy atom. The quantitative estimate of drug-likeness (QED) is 0.345. The van der Waals surface area contributed by atoms with E-state index in [0.29, 0.717) is 18.8 Å². The third-order valence-electron chi connectivity index (χ3n) is 2.84. The Balaban J connectivity index is 1.84. The van der Waals surface area contributed by atoms with Crippen LogP contribution in [-0.2, 0) is 4.79 Å². The van der Waals surface area contributed by atoms with Crippen molar-refractivity contribution < 1.29 is 9.72 Å². The predicted molar refractivity (Wildman–Crippen MR) is 80.0 cm³/mol. The second kappa shape index (κ2) is 6.18. The maximum atomic E-state index is 11.4. The van der Waals surface area contributed by atoms with Gasteiger partial charge in [-0.25, -0.2) is 0 Å². The zero-order chi connectivity index (χ0) is 13.8. The third-order valence-corrected chi connectivity index (χ3v) is 3.52. The lowest BCUT2D eigenvalue weighted by atomic mass is 10.2. The standard InChI is InChI=1S/C12H14IN3O3/c13-9-3-4-10(11(7-9)16(18)19)14-5-6-15-12(17)8-1-2-8/h3-4,7-8,14H,1-2,5-6H2,(H,15,17). The summed E-state index contributed by atoms with van der Waals surface area (Å²) < 4.78 is 0.817. The van der Waals surface area contributed by atoms with Gasteiger partial charge < -0.3 is 10.6 Å². The smallest absolute Gasteiger partial charge is 0.293 e. The van der Waals surface area contributed by atoms with Crippen LogP contribution >= 0.6 is 22.6 Å². The maximum Gasteiger partial charge on any atom is 0.293 e. The van der Waals surface area contributed by atoms with Gasteiger partial charge in [-0.2, -0.15) is 0 Å². The van der Waals surface area contributed by atoms with E-state index < -0.39 is 4.92 Å². The summed E-state index contributed by atoms with van der Waals surface area (Å²) in [7, 11) is 0. The minimum absolute atomic E-state index is 0.0559. The Morgan fingerprint density at radius 2 is 2.16 bits per heavy atom. The molecule has 0 aromatic heterocycles. The van der Waals surface area contributed by atoms with Crippen LogP contribution in [0.15, 0.2) is 18.2 Å². The van der Waals surface area contributed by atoms with Crippen molar-refractivity contribution in [1.82, 2.24) is 5.32 Å². The van der Waals surface area contributed by atoms with Gasteiger partial charge in [-0.1, -0.05) is 0 Å². The molecule has 2 N–H and O–H groups in total. The molecule has 0 saturated heterocycles. The number of carbonyl (C=O) groups is 1. The molecule has 1 aromatic carbocycles. The van der Waals surface area contributed by atoms with Crippen LogP contribution in [0.2, 0.25) is 0 Å². The average Bonchev–Trinajstić information content (AvgIpc) is 3.19. The number of anilines is 1. The molecule has 0 atom stereocenters. The van der Waals surface area contributed by atoms with Gasteiger partial charge in [0.25, 0.3) is 5.69 Å². The van der Waals surface area contributed by atoms with Crippen LogP contribution in [0.3, 0.4) is 0 Å². The van der Waals surface area contributed by atoms with Crippen LogP contribution < -0.4 is 10.6 Å². The molecule has 1 aliphatic rings. The Morgan fingerprint density at radius 3 is 2.79 bits per heavy atom. The first-order valence-electron chi connectivity index (χ1n) is 6.03. The molecule has 1 amide bonds. The Kier molecular flexibility index (Phi) is 4.56. The lowest BCUT2D eigenvalue weighted by molar-refractivity contribution is -0.384. The molecule has 7 heteroatoms. The molecule has 102 valence electrons. The van der Waals surface area contributed by atoms with Crippen LogP contribution in [0, 0.1) is 19.6 Å². The van der Waals surface area contributed by atoms with E-state index in [-0.39, 0.29) is 17.5 Å². The zero-order valence-electron chi connectivity index (χ0n) is 10.2. The summed E-state index contributed by atoms with van der Waals surface area (Å²) in [5.41, 5.74) is 0.534. The fraction of sp³-hybridized carbons (Fsp3) is 0.417. The van der Waals surface area contributed by atoms with Gasteiger partial charge in [0.15, 0.2) is 0 Å². The minimum atomic E-state index is -0.409. The first-order valence-corrected chi connectivity index (χ1v) is 7.11. The molecule has 0 bridgehead atoms. The molecule has 0 heterocycles. The number of carbonyl (C=O) groups excluding carboxylic acids is 1. The van der Waals surface area contributed by atoms with Crippen LogP contribution in [0.1, 0.15) is 12.8 Å². The average molecular weight is 375 g/mol. The second-order valence-corrected chi connectivity index (χ2v) is 5.66. The van der Waals surface area contributed by atoms with Gasteiger partial charge in [0.2, 0.25) is 5.91 Å². The fourth-order valence-electron chi connectivity index (χ4n) is 1.68. The summed E-state index contributed by atoms with van der Waals surface area (Å²) in [6.07, 6.45) is 1.95. The van der Waals surface area contributed by atoms with Crippen LogP contribution in [0.25, 0.3) is 0 Å². The minimum Gasteiger partial charge on any atom is -0.378 e. The number of nitrogens with one attached hydrogen (secondary N) is 2. The van der Waals surface area contributed by atoms with Crippen molar-refractivity contribution in [3.8, 4) is 0 Å². The fourth-order valence-corrected chi connectivity index (χ4v) is 2.15. The molecule has 19 heavy (non-hydrogen) atoms. The monoisotopic (exact) mass is 375 g/mol. The SMILES string of the molecule is O=C(NCCNc1ccc(I)cc1[N+](=O)[O-])C1CC1. The van der Waals surface area contributed by atoms with Crippen molar-refractivity contribution in [3.05, 3.63) is 31.9 Å². The van der Waals surface area contributed by atoms with E-state index in [9.17, 15) is 14.9 Å². The summed E-state index contributed by atoms with van der Waals surface area (Å²) in [6.45, 7) is 0.943. The molecule has 1 fully saturated rings. The molecule has 0 aliphatic heterocycles. The van der Waals surface area contributed by atoms with Gasteiger partial charge in [-0.05, 0) is 47.6 Å². The Hall–Kier alpha value is -1.38. The third kappa shape index (κ3) is 4.05. The number of nitro groups is 1. The molecular formula is C12H14IN3O3. The molecule has 2 rings (SSSR count).